The summed E-state index contributed by atoms with van der Waals surface area (Å²) in [5, 5.41) is 21.8. The number of carbonyl (C=O) groups excluding carboxylic acids is 1. The highest BCUT2D eigenvalue weighted by Crippen LogP contribution is 2.28. The first-order chi connectivity index (χ1) is 13.5. The molecule has 150 valence electrons. The third kappa shape index (κ3) is 4.88. The average Bonchev–Trinajstić information content (AvgIpc) is 3.00. The van der Waals surface area contributed by atoms with E-state index in [2.05, 4.69) is 34.6 Å². The predicted octanol–water partition coefficient (Wildman–Crippen LogP) is 2.65. The molecular weight excluding hydrogens is 354 g/mol. The zero-order chi connectivity index (χ0) is 20.0. The Hall–Kier alpha value is -2.44. The van der Waals surface area contributed by atoms with E-state index in [0.717, 1.165) is 32.4 Å². The lowest BCUT2D eigenvalue weighted by atomic mass is 9.92. The number of aromatic nitrogens is 1. The number of hydrogen-bond acceptors (Lipinski definition) is 5. The molecule has 0 radical (unpaired) electrons. The maximum Gasteiger partial charge on any atom is 0.255 e. The molecule has 1 aliphatic heterocycles. The summed E-state index contributed by atoms with van der Waals surface area (Å²) >= 11 is 0. The van der Waals surface area contributed by atoms with Gasteiger partial charge in [0.2, 0.25) is 0 Å². The van der Waals surface area contributed by atoms with E-state index < -0.39 is 5.54 Å². The molecule has 2 heterocycles. The SMILES string of the molecule is CC(CO)(CO)Nc1ccc(C(=O)N2CCCC(c3ccccc3)CC2)cn1. The molecule has 0 spiro atoms. The Morgan fingerprint density at radius 2 is 1.89 bits per heavy atom. The molecule has 1 aliphatic rings. The van der Waals surface area contributed by atoms with Crippen LogP contribution < -0.4 is 5.32 Å². The van der Waals surface area contributed by atoms with E-state index in [4.69, 9.17) is 0 Å². The Balaban J connectivity index is 1.62. The van der Waals surface area contributed by atoms with Gasteiger partial charge < -0.3 is 20.4 Å². The Morgan fingerprint density at radius 3 is 2.54 bits per heavy atom. The number of anilines is 1. The number of pyridine rings is 1. The van der Waals surface area contributed by atoms with E-state index in [1.807, 2.05) is 11.0 Å². The first-order valence-corrected chi connectivity index (χ1v) is 9.85. The third-order valence-corrected chi connectivity index (χ3v) is 5.42. The van der Waals surface area contributed by atoms with Crippen LogP contribution in [0.15, 0.2) is 48.7 Å². The number of amides is 1. The monoisotopic (exact) mass is 383 g/mol. The number of carbonyl (C=O) groups is 1. The van der Waals surface area contributed by atoms with Crippen molar-refractivity contribution in [3.63, 3.8) is 0 Å². The minimum atomic E-state index is -0.851. The molecule has 1 atom stereocenters. The third-order valence-electron chi connectivity index (χ3n) is 5.42. The number of nitrogens with one attached hydrogen (secondary N) is 1. The van der Waals surface area contributed by atoms with Gasteiger partial charge in [-0.05, 0) is 49.8 Å². The van der Waals surface area contributed by atoms with Crippen molar-refractivity contribution in [1.82, 2.24) is 9.88 Å². The van der Waals surface area contributed by atoms with Crippen LogP contribution in [0.5, 0.6) is 0 Å². The molecule has 1 fully saturated rings. The van der Waals surface area contributed by atoms with Gasteiger partial charge in [-0.3, -0.25) is 4.79 Å². The fourth-order valence-electron chi connectivity index (χ4n) is 3.57. The summed E-state index contributed by atoms with van der Waals surface area (Å²) in [6, 6.07) is 14.0. The molecule has 1 aromatic heterocycles. The standard InChI is InChI=1S/C22H29N3O3/c1-22(15-26,16-27)24-20-10-9-19(14-23-20)21(28)25-12-5-8-18(11-13-25)17-6-3-2-4-7-17/h2-4,6-7,9-10,14,18,26-27H,5,8,11-13,15-16H2,1H3,(H,23,24). The highest BCUT2D eigenvalue weighted by Gasteiger charge is 2.24. The molecule has 1 aromatic carbocycles. The van der Waals surface area contributed by atoms with Gasteiger partial charge in [-0.2, -0.15) is 0 Å². The Labute approximate surface area is 166 Å². The summed E-state index contributed by atoms with van der Waals surface area (Å²) in [7, 11) is 0. The number of likely N-dealkylation sites (tertiary alicyclic amines) is 1. The molecule has 2 aromatic rings. The van der Waals surface area contributed by atoms with E-state index in [-0.39, 0.29) is 19.1 Å². The molecule has 1 saturated heterocycles. The van der Waals surface area contributed by atoms with Crippen LogP contribution in [0.4, 0.5) is 5.82 Å². The Morgan fingerprint density at radius 1 is 1.14 bits per heavy atom. The lowest BCUT2D eigenvalue weighted by Gasteiger charge is -2.27. The Bertz CT molecular complexity index is 760. The summed E-state index contributed by atoms with van der Waals surface area (Å²) in [5.41, 5.74) is 1.05. The van der Waals surface area contributed by atoms with Crippen molar-refractivity contribution < 1.29 is 15.0 Å². The van der Waals surface area contributed by atoms with Crippen molar-refractivity contribution in [2.24, 2.45) is 0 Å². The molecule has 6 nitrogen and oxygen atoms in total. The molecule has 6 heteroatoms. The highest BCUT2D eigenvalue weighted by molar-refractivity contribution is 5.94. The van der Waals surface area contributed by atoms with Gasteiger partial charge in [-0.25, -0.2) is 4.98 Å². The first kappa shape index (κ1) is 20.3. The molecular formula is C22H29N3O3. The lowest BCUT2D eigenvalue weighted by Crippen LogP contribution is -2.42. The zero-order valence-corrected chi connectivity index (χ0v) is 16.3. The van der Waals surface area contributed by atoms with Crippen LogP contribution in [0.25, 0.3) is 0 Å². The maximum absolute atomic E-state index is 12.9. The molecule has 1 amide bonds. The molecule has 28 heavy (non-hydrogen) atoms. The fourth-order valence-corrected chi connectivity index (χ4v) is 3.57. The van der Waals surface area contributed by atoms with Crippen LogP contribution in [-0.2, 0) is 0 Å². The van der Waals surface area contributed by atoms with Crippen LogP contribution in [0, 0.1) is 0 Å². The topological polar surface area (TPSA) is 85.7 Å². The second-order valence-electron chi connectivity index (χ2n) is 7.76. The van der Waals surface area contributed by atoms with Gasteiger partial charge in [0.05, 0.1) is 24.3 Å². The molecule has 0 bridgehead atoms. The van der Waals surface area contributed by atoms with Gasteiger partial charge >= 0.3 is 0 Å². The second kappa shape index (κ2) is 9.17. The minimum absolute atomic E-state index is 0.000148. The van der Waals surface area contributed by atoms with Crippen LogP contribution in [0.2, 0.25) is 0 Å². The molecule has 0 saturated carbocycles. The maximum atomic E-state index is 12.9. The number of rotatable bonds is 6. The molecule has 0 aliphatic carbocycles. The summed E-state index contributed by atoms with van der Waals surface area (Å²) < 4.78 is 0. The van der Waals surface area contributed by atoms with E-state index in [1.165, 1.54) is 5.56 Å². The average molecular weight is 383 g/mol. The van der Waals surface area contributed by atoms with E-state index in [0.29, 0.717) is 17.3 Å². The van der Waals surface area contributed by atoms with Crippen LogP contribution in [0.3, 0.4) is 0 Å². The van der Waals surface area contributed by atoms with E-state index in [1.54, 1.807) is 25.3 Å². The summed E-state index contributed by atoms with van der Waals surface area (Å²) in [4.78, 5) is 19.1. The number of aliphatic hydroxyl groups is 2. The molecule has 3 rings (SSSR count). The second-order valence-corrected chi connectivity index (χ2v) is 7.76. The van der Waals surface area contributed by atoms with E-state index in [9.17, 15) is 15.0 Å². The number of aliphatic hydroxyl groups excluding tert-OH is 2. The quantitative estimate of drug-likeness (QED) is 0.714. The van der Waals surface area contributed by atoms with Gasteiger partial charge in [0, 0.05) is 19.3 Å². The van der Waals surface area contributed by atoms with Crippen molar-refractivity contribution in [3.05, 3.63) is 59.8 Å². The smallest absolute Gasteiger partial charge is 0.255 e. The van der Waals surface area contributed by atoms with Crippen LogP contribution >= 0.6 is 0 Å². The molecule has 1 unspecified atom stereocenters. The van der Waals surface area contributed by atoms with Crippen molar-refractivity contribution in [1.29, 1.82) is 0 Å². The normalized spacial score (nSPS) is 17.8. The van der Waals surface area contributed by atoms with Crippen molar-refractivity contribution in [2.75, 3.05) is 31.6 Å². The highest BCUT2D eigenvalue weighted by atomic mass is 16.3. The van der Waals surface area contributed by atoms with E-state index >= 15 is 0 Å². The fraction of sp³-hybridized carbons (Fsp3) is 0.455. The number of hydrogen-bond donors (Lipinski definition) is 3. The summed E-state index contributed by atoms with van der Waals surface area (Å²) in [6.45, 7) is 2.76. The van der Waals surface area contributed by atoms with Gasteiger partial charge in [0.25, 0.3) is 5.91 Å². The van der Waals surface area contributed by atoms with Crippen LogP contribution in [0.1, 0.15) is 48.0 Å². The van der Waals surface area contributed by atoms with Crippen LogP contribution in [-0.4, -0.2) is 57.8 Å². The van der Waals surface area contributed by atoms with Gasteiger partial charge in [0.1, 0.15) is 5.82 Å². The predicted molar refractivity (Wildman–Crippen MR) is 109 cm³/mol. The van der Waals surface area contributed by atoms with Crippen molar-refractivity contribution in [2.45, 2.75) is 37.6 Å². The van der Waals surface area contributed by atoms with Gasteiger partial charge in [-0.15, -0.1) is 0 Å². The lowest BCUT2D eigenvalue weighted by molar-refractivity contribution is 0.0760. The summed E-state index contributed by atoms with van der Waals surface area (Å²) in [6.07, 6.45) is 4.60. The minimum Gasteiger partial charge on any atom is -0.394 e. The molecule has 3 N–H and O–H groups in total. The largest absolute Gasteiger partial charge is 0.394 e. The first-order valence-electron chi connectivity index (χ1n) is 9.85. The van der Waals surface area contributed by atoms with Gasteiger partial charge in [-0.1, -0.05) is 30.3 Å². The zero-order valence-electron chi connectivity index (χ0n) is 16.3. The Kier molecular flexibility index (Phi) is 6.65. The van der Waals surface area contributed by atoms with Gasteiger partial charge in [0.15, 0.2) is 0 Å². The number of benzene rings is 1. The van der Waals surface area contributed by atoms with Crippen molar-refractivity contribution in [3.8, 4) is 0 Å². The van der Waals surface area contributed by atoms with Crippen molar-refractivity contribution >= 4 is 11.7 Å². The summed E-state index contributed by atoms with van der Waals surface area (Å²) in [5.74, 6) is 1.01. The number of nitrogens with zero attached hydrogens (tertiary/aromatic N) is 2.